The molecule has 2 rings (SSSR count). The van der Waals surface area contributed by atoms with Gasteiger partial charge in [0.1, 0.15) is 17.3 Å². The summed E-state index contributed by atoms with van der Waals surface area (Å²) in [5, 5.41) is 0. The van der Waals surface area contributed by atoms with Crippen molar-refractivity contribution in [3.05, 3.63) is 35.7 Å². The zero-order valence-electron chi connectivity index (χ0n) is 16.5. The number of methoxy groups -OCH3 is 1. The highest BCUT2D eigenvalue weighted by atomic mass is 32.2. The molecule has 0 fully saturated rings. The molecule has 0 radical (unpaired) electrons. The second kappa shape index (κ2) is 10.3. The van der Waals surface area contributed by atoms with Crippen LogP contribution in [0.2, 0.25) is 0 Å². The van der Waals surface area contributed by atoms with Crippen LogP contribution in [0.1, 0.15) is 38.1 Å². The van der Waals surface area contributed by atoms with E-state index in [0.29, 0.717) is 30.4 Å². The lowest BCUT2D eigenvalue weighted by atomic mass is 10.2. The fourth-order valence-corrected chi connectivity index (χ4v) is 3.89. The number of aryl methyl sites for hydroxylation is 1. The van der Waals surface area contributed by atoms with E-state index >= 15 is 0 Å². The number of ether oxygens (including phenoxy) is 1. The van der Waals surface area contributed by atoms with Crippen LogP contribution in [0.5, 0.6) is 5.75 Å². The Morgan fingerprint density at radius 2 is 1.81 bits per heavy atom. The van der Waals surface area contributed by atoms with Crippen molar-refractivity contribution in [3.63, 3.8) is 0 Å². The average molecular weight is 393 g/mol. The predicted octanol–water partition coefficient (Wildman–Crippen LogP) is 3.56. The number of nitrogens with zero attached hydrogens (tertiary/aromatic N) is 2. The Hall–Kier alpha value is -2.15. The van der Waals surface area contributed by atoms with Gasteiger partial charge in [0.2, 0.25) is 11.8 Å². The second-order valence-electron chi connectivity index (χ2n) is 6.36. The third-order valence-electron chi connectivity index (χ3n) is 4.15. The van der Waals surface area contributed by atoms with Crippen molar-refractivity contribution >= 4 is 16.7 Å². The molecule has 0 aliphatic heterocycles. The van der Waals surface area contributed by atoms with E-state index in [2.05, 4.69) is 4.98 Å². The zero-order chi connectivity index (χ0) is 19.8. The van der Waals surface area contributed by atoms with Crippen molar-refractivity contribution in [3.8, 4) is 17.2 Å². The minimum atomic E-state index is -1.32. The smallest absolute Gasteiger partial charge is 0.235 e. The number of hydrogen-bond acceptors (Lipinski definition) is 5. The monoisotopic (exact) mass is 392 g/mol. The fourth-order valence-electron chi connectivity index (χ4n) is 2.75. The first-order valence-corrected chi connectivity index (χ1v) is 10.7. The highest BCUT2D eigenvalue weighted by molar-refractivity contribution is 7.84. The third kappa shape index (κ3) is 5.92. The van der Waals surface area contributed by atoms with E-state index in [-0.39, 0.29) is 17.4 Å². The van der Waals surface area contributed by atoms with Crippen molar-refractivity contribution < 1.29 is 18.2 Å². The van der Waals surface area contributed by atoms with Gasteiger partial charge < -0.3 is 14.1 Å². The Balaban J connectivity index is 2.03. The van der Waals surface area contributed by atoms with E-state index < -0.39 is 10.8 Å². The van der Waals surface area contributed by atoms with Gasteiger partial charge in [-0.2, -0.15) is 0 Å². The molecule has 0 spiro atoms. The molecule has 0 aliphatic rings. The van der Waals surface area contributed by atoms with Crippen LogP contribution in [0.25, 0.3) is 11.5 Å². The summed E-state index contributed by atoms with van der Waals surface area (Å²) in [6.45, 7) is 7.27. The molecule has 1 aromatic heterocycles. The van der Waals surface area contributed by atoms with Gasteiger partial charge in [-0.15, -0.1) is 0 Å². The third-order valence-corrected chi connectivity index (χ3v) is 5.32. The maximum absolute atomic E-state index is 12.5. The summed E-state index contributed by atoms with van der Waals surface area (Å²) in [7, 11) is 0.291. The molecule has 6 nitrogen and oxygen atoms in total. The highest BCUT2D eigenvalue weighted by Crippen LogP contribution is 2.24. The van der Waals surface area contributed by atoms with Gasteiger partial charge in [0.05, 0.1) is 18.6 Å². The zero-order valence-corrected chi connectivity index (χ0v) is 17.3. The van der Waals surface area contributed by atoms with Crippen LogP contribution in [0.4, 0.5) is 0 Å². The Labute approximate surface area is 163 Å². The molecule has 0 N–H and O–H groups in total. The predicted molar refractivity (Wildman–Crippen MR) is 107 cm³/mol. The SMILES string of the molecule is CCCN(CCC)C(=O)C[S@@](=O)Cc1nc(-c2ccc(OC)cc2)oc1C. The molecule has 0 unspecified atom stereocenters. The molecule has 1 atom stereocenters. The molecule has 7 heteroatoms. The first kappa shape index (κ1) is 21.2. The van der Waals surface area contributed by atoms with Crippen LogP contribution >= 0.6 is 0 Å². The van der Waals surface area contributed by atoms with Gasteiger partial charge in [0, 0.05) is 29.5 Å². The number of aromatic nitrogens is 1. The molecular weight excluding hydrogens is 364 g/mol. The molecular formula is C20H28N2O4S. The number of amides is 1. The van der Waals surface area contributed by atoms with Crippen molar-refractivity contribution in [2.75, 3.05) is 26.0 Å². The number of hydrogen-bond donors (Lipinski definition) is 0. The van der Waals surface area contributed by atoms with Crippen LogP contribution in [0.3, 0.4) is 0 Å². The van der Waals surface area contributed by atoms with E-state index in [9.17, 15) is 9.00 Å². The van der Waals surface area contributed by atoms with Crippen molar-refractivity contribution in [2.24, 2.45) is 0 Å². The number of carbonyl (C=O) groups is 1. The average Bonchev–Trinajstić information content (AvgIpc) is 3.02. The summed E-state index contributed by atoms with van der Waals surface area (Å²) in [6, 6.07) is 7.40. The lowest BCUT2D eigenvalue weighted by Crippen LogP contribution is -2.35. The summed E-state index contributed by atoms with van der Waals surface area (Å²) < 4.78 is 23.4. The normalized spacial score (nSPS) is 12.0. The summed E-state index contributed by atoms with van der Waals surface area (Å²) in [5.41, 5.74) is 1.45. The molecule has 0 saturated heterocycles. The summed E-state index contributed by atoms with van der Waals surface area (Å²) in [6.07, 6.45) is 1.79. The lowest BCUT2D eigenvalue weighted by molar-refractivity contribution is -0.128. The minimum absolute atomic E-state index is 0.0180. The number of carbonyl (C=O) groups excluding carboxylic acids is 1. The molecule has 0 bridgehead atoms. The Kier molecular flexibility index (Phi) is 8.03. The van der Waals surface area contributed by atoms with Crippen LogP contribution in [0, 0.1) is 6.92 Å². The van der Waals surface area contributed by atoms with Gasteiger partial charge in [0.25, 0.3) is 0 Å². The summed E-state index contributed by atoms with van der Waals surface area (Å²) in [4.78, 5) is 18.6. The van der Waals surface area contributed by atoms with E-state index in [1.54, 1.807) is 18.9 Å². The second-order valence-corrected chi connectivity index (χ2v) is 7.82. The van der Waals surface area contributed by atoms with Gasteiger partial charge in [0.15, 0.2) is 0 Å². The van der Waals surface area contributed by atoms with Crippen LogP contribution < -0.4 is 4.74 Å². The lowest BCUT2D eigenvalue weighted by Gasteiger charge is -2.21. The standard InChI is InChI=1S/C20H28N2O4S/c1-5-11-22(12-6-2)19(23)14-27(24)13-18-15(3)26-20(21-18)16-7-9-17(25-4)10-8-16/h7-10H,5-6,11-14H2,1-4H3/t27-/m0/s1. The topological polar surface area (TPSA) is 72.6 Å². The van der Waals surface area contributed by atoms with E-state index in [1.807, 2.05) is 38.1 Å². The molecule has 27 heavy (non-hydrogen) atoms. The first-order chi connectivity index (χ1) is 13.0. The number of benzene rings is 1. The largest absolute Gasteiger partial charge is 0.497 e. The van der Waals surface area contributed by atoms with Gasteiger partial charge in [-0.3, -0.25) is 9.00 Å². The maximum atomic E-state index is 12.5. The van der Waals surface area contributed by atoms with Crippen molar-refractivity contribution in [1.29, 1.82) is 0 Å². The van der Waals surface area contributed by atoms with Gasteiger partial charge in [-0.05, 0) is 44.0 Å². The highest BCUT2D eigenvalue weighted by Gasteiger charge is 2.19. The van der Waals surface area contributed by atoms with E-state index in [0.717, 1.165) is 24.2 Å². The van der Waals surface area contributed by atoms with Crippen molar-refractivity contribution in [2.45, 2.75) is 39.4 Å². The molecule has 0 saturated carbocycles. The molecule has 1 heterocycles. The Morgan fingerprint density at radius 1 is 1.19 bits per heavy atom. The van der Waals surface area contributed by atoms with Gasteiger partial charge in [-0.25, -0.2) is 4.98 Å². The van der Waals surface area contributed by atoms with Crippen LogP contribution in [-0.4, -0.2) is 46.0 Å². The first-order valence-electron chi connectivity index (χ1n) is 9.21. The maximum Gasteiger partial charge on any atom is 0.235 e. The molecule has 1 amide bonds. The van der Waals surface area contributed by atoms with E-state index in [4.69, 9.17) is 9.15 Å². The molecule has 2 aromatic rings. The molecule has 148 valence electrons. The molecule has 0 aliphatic carbocycles. The van der Waals surface area contributed by atoms with Crippen LogP contribution in [0.15, 0.2) is 28.7 Å². The number of oxazole rings is 1. The molecule has 1 aromatic carbocycles. The van der Waals surface area contributed by atoms with E-state index in [1.165, 1.54) is 0 Å². The Morgan fingerprint density at radius 3 is 2.37 bits per heavy atom. The summed E-state index contributed by atoms with van der Waals surface area (Å²) >= 11 is 0. The number of rotatable bonds is 10. The van der Waals surface area contributed by atoms with Gasteiger partial charge >= 0.3 is 0 Å². The van der Waals surface area contributed by atoms with Gasteiger partial charge in [-0.1, -0.05) is 13.8 Å². The quantitative estimate of drug-likeness (QED) is 0.618. The van der Waals surface area contributed by atoms with Crippen LogP contribution in [-0.2, 0) is 21.3 Å². The van der Waals surface area contributed by atoms with Crippen molar-refractivity contribution in [1.82, 2.24) is 9.88 Å². The Bertz CT molecular complexity index is 765. The minimum Gasteiger partial charge on any atom is -0.497 e. The fraction of sp³-hybridized carbons (Fsp3) is 0.500. The summed E-state index contributed by atoms with van der Waals surface area (Å²) in [5.74, 6) is 2.03.